The molecule has 0 fully saturated rings. The Morgan fingerprint density at radius 1 is 1.00 bits per heavy atom. The molecule has 1 aromatic heterocycles. The third-order valence-electron chi connectivity index (χ3n) is 1.46. The fourth-order valence-electron chi connectivity index (χ4n) is 0.995. The first-order chi connectivity index (χ1) is 4.47. The van der Waals surface area contributed by atoms with E-state index in [2.05, 4.69) is 23.2 Å². The van der Waals surface area contributed by atoms with Crippen molar-refractivity contribution >= 4 is 10.9 Å². The molecule has 1 heterocycles. The molecule has 0 radical (unpaired) electrons. The van der Waals surface area contributed by atoms with Crippen LogP contribution in [0.5, 0.6) is 0 Å². The standard InChI is InChI=1S/C8H7N.Ar/c1-2-4-8-7(3-1)5-6-9-8;/h1-6,9H;. The average Bonchev–Trinajstić information content (AvgIpc) is 2.33. The summed E-state index contributed by atoms with van der Waals surface area (Å²) < 4.78 is 0. The topological polar surface area (TPSA) is 15.8 Å². The largest absolute Gasteiger partial charge is 0.361 e. The number of hydrogen-bond acceptors (Lipinski definition) is 0. The first-order valence-electron chi connectivity index (χ1n) is 2.99. The molecule has 10 heavy (non-hydrogen) atoms. The third-order valence-corrected chi connectivity index (χ3v) is 1.46. The van der Waals surface area contributed by atoms with Gasteiger partial charge in [0.25, 0.3) is 0 Å². The van der Waals surface area contributed by atoms with E-state index >= 15 is 0 Å². The smallest absolute Gasteiger partial charge is 0.0453 e. The number of H-pyrrole nitrogens is 1. The van der Waals surface area contributed by atoms with Crippen molar-refractivity contribution < 1.29 is 37.7 Å². The van der Waals surface area contributed by atoms with Crippen LogP contribution in [0.3, 0.4) is 0 Å². The van der Waals surface area contributed by atoms with Gasteiger partial charge in [0.1, 0.15) is 0 Å². The number of nitrogens with one attached hydrogen (secondary N) is 1. The molecular formula is C8H7ArN. The van der Waals surface area contributed by atoms with Gasteiger partial charge < -0.3 is 4.98 Å². The Balaban J connectivity index is 0.000000500. The number of benzene rings is 1. The fourth-order valence-corrected chi connectivity index (χ4v) is 0.995. The molecule has 0 bridgehead atoms. The van der Waals surface area contributed by atoms with Gasteiger partial charge in [-0.05, 0) is 17.5 Å². The Labute approximate surface area is 89.4 Å². The van der Waals surface area contributed by atoms with E-state index in [1.807, 2.05) is 18.3 Å². The summed E-state index contributed by atoms with van der Waals surface area (Å²) in [6, 6.07) is 10.3. The quantitative estimate of drug-likeness (QED) is 0.603. The van der Waals surface area contributed by atoms with Crippen LogP contribution in [0.2, 0.25) is 0 Å². The first kappa shape index (κ1) is 8.12. The van der Waals surface area contributed by atoms with Gasteiger partial charge in [0.15, 0.2) is 0 Å². The number of hydrogen-bond donors (Lipinski definition) is 1. The second kappa shape index (κ2) is 3.42. The Morgan fingerprint density at radius 2 is 1.80 bits per heavy atom. The van der Waals surface area contributed by atoms with Crippen molar-refractivity contribution in [3.8, 4) is 0 Å². The first-order valence-corrected chi connectivity index (χ1v) is 2.99. The normalized spacial score (nSPS) is 9.20. The van der Waals surface area contributed by atoms with Gasteiger partial charge in [0.05, 0.1) is 0 Å². The summed E-state index contributed by atoms with van der Waals surface area (Å²) in [5.41, 5.74) is 1.21. The molecule has 2 rings (SSSR count). The van der Waals surface area contributed by atoms with Gasteiger partial charge >= 0.3 is 0 Å². The summed E-state index contributed by atoms with van der Waals surface area (Å²) in [5, 5.41) is 1.28. The Morgan fingerprint density at radius 3 is 2.60 bits per heavy atom. The second-order valence-electron chi connectivity index (χ2n) is 2.06. The Bertz CT molecular complexity index is 283. The average molecular weight is 157 g/mol. The minimum Gasteiger partial charge on any atom is -0.361 e. The molecule has 0 spiro atoms. The monoisotopic (exact) mass is 157 g/mol. The third kappa shape index (κ3) is 1.36. The van der Waals surface area contributed by atoms with E-state index in [4.69, 9.17) is 0 Å². The van der Waals surface area contributed by atoms with E-state index in [1.54, 1.807) is 0 Å². The molecular weight excluding hydrogens is 150 g/mol. The maximum atomic E-state index is 3.12. The summed E-state index contributed by atoms with van der Waals surface area (Å²) in [7, 11) is 0. The number of aromatic nitrogens is 1. The van der Waals surface area contributed by atoms with Crippen LogP contribution in [-0.2, 0) is 0 Å². The Hall–Kier alpha value is 0.0197. The maximum absolute atomic E-state index is 3.12. The van der Waals surface area contributed by atoms with Crippen LogP contribution in [0.25, 0.3) is 10.9 Å². The molecule has 0 amide bonds. The molecule has 1 aromatic carbocycles. The van der Waals surface area contributed by atoms with Crippen LogP contribution in [0, 0.1) is 37.7 Å². The number of fused-ring (bicyclic) bond motifs is 1. The van der Waals surface area contributed by atoms with Crippen LogP contribution in [0.1, 0.15) is 0 Å². The Kier molecular flexibility index (Phi) is 2.78. The molecule has 2 heteroatoms. The number of rotatable bonds is 0. The van der Waals surface area contributed by atoms with E-state index in [-0.39, 0.29) is 37.7 Å². The van der Waals surface area contributed by atoms with Crippen LogP contribution >= 0.6 is 0 Å². The molecule has 0 saturated carbocycles. The predicted molar refractivity (Wildman–Crippen MR) is 38.3 cm³/mol. The molecule has 1 N–H and O–H groups in total. The molecule has 0 aliphatic heterocycles. The van der Waals surface area contributed by atoms with E-state index in [1.165, 1.54) is 10.9 Å². The van der Waals surface area contributed by atoms with E-state index < -0.39 is 0 Å². The van der Waals surface area contributed by atoms with Crippen LogP contribution in [0.4, 0.5) is 0 Å². The molecule has 1 nitrogen and oxygen atoms in total. The summed E-state index contributed by atoms with van der Waals surface area (Å²) >= 11 is 0. The molecule has 0 saturated heterocycles. The van der Waals surface area contributed by atoms with E-state index in [0.29, 0.717) is 0 Å². The van der Waals surface area contributed by atoms with Gasteiger partial charge in [-0.3, -0.25) is 0 Å². The summed E-state index contributed by atoms with van der Waals surface area (Å²) in [5.74, 6) is 0. The van der Waals surface area contributed by atoms with Crippen LogP contribution in [-0.4, -0.2) is 4.98 Å². The van der Waals surface area contributed by atoms with Gasteiger partial charge in [-0.1, -0.05) is 18.2 Å². The SMILES string of the molecule is [Ar].c1ccc2[nH]ccc2c1. The summed E-state index contributed by atoms with van der Waals surface area (Å²) in [6.45, 7) is 0. The van der Waals surface area contributed by atoms with Crippen LogP contribution < -0.4 is 0 Å². The van der Waals surface area contributed by atoms with Crippen molar-refractivity contribution in [1.29, 1.82) is 0 Å². The second-order valence-corrected chi connectivity index (χ2v) is 2.06. The maximum Gasteiger partial charge on any atom is 0.0453 e. The zero-order chi connectivity index (χ0) is 6.10. The molecule has 0 unspecified atom stereocenters. The molecule has 2 aromatic rings. The van der Waals surface area contributed by atoms with Gasteiger partial charge in [0.2, 0.25) is 0 Å². The van der Waals surface area contributed by atoms with Gasteiger partial charge in [0, 0.05) is 49.5 Å². The predicted octanol–water partition coefficient (Wildman–Crippen LogP) is 2.17. The molecule has 0 aliphatic carbocycles. The van der Waals surface area contributed by atoms with Gasteiger partial charge in [-0.25, -0.2) is 0 Å². The van der Waals surface area contributed by atoms with Gasteiger partial charge in [-0.2, -0.15) is 0 Å². The van der Waals surface area contributed by atoms with Crippen molar-refractivity contribution in [3.63, 3.8) is 0 Å². The van der Waals surface area contributed by atoms with Crippen molar-refractivity contribution in [2.24, 2.45) is 0 Å². The zero-order valence-electron chi connectivity index (χ0n) is 5.32. The van der Waals surface area contributed by atoms with Crippen molar-refractivity contribution in [2.75, 3.05) is 0 Å². The minimum absolute atomic E-state index is 0. The summed E-state index contributed by atoms with van der Waals surface area (Å²) in [4.78, 5) is 3.12. The van der Waals surface area contributed by atoms with Crippen molar-refractivity contribution in [1.82, 2.24) is 4.98 Å². The number of para-hydroxylation sites is 1. The fraction of sp³-hybridized carbons (Fsp3) is 0. The van der Waals surface area contributed by atoms with Crippen molar-refractivity contribution in [2.45, 2.75) is 0 Å². The van der Waals surface area contributed by atoms with Gasteiger partial charge in [-0.15, -0.1) is 0 Å². The zero-order valence-corrected chi connectivity index (χ0v) is 6.02. The molecule has 52 valence electrons. The molecule has 0 aliphatic rings. The van der Waals surface area contributed by atoms with Crippen molar-refractivity contribution in [3.05, 3.63) is 36.5 Å². The molecule has 0 atom stereocenters. The van der Waals surface area contributed by atoms with E-state index in [0.717, 1.165) is 0 Å². The van der Waals surface area contributed by atoms with E-state index in [9.17, 15) is 0 Å². The van der Waals surface area contributed by atoms with Crippen LogP contribution in [0.15, 0.2) is 36.5 Å². The number of aromatic amines is 1. The minimum atomic E-state index is 0. The summed E-state index contributed by atoms with van der Waals surface area (Å²) in [6.07, 6.45) is 1.95.